The lowest BCUT2D eigenvalue weighted by molar-refractivity contribution is -0.126. The average molecular weight is 415 g/mol. The number of piperazine rings is 1. The number of phenolic OH excluding ortho intramolecular Hbond substituents is 1. The van der Waals surface area contributed by atoms with Crippen LogP contribution in [0.15, 0.2) is 55.4 Å². The van der Waals surface area contributed by atoms with E-state index in [1.165, 1.54) is 22.6 Å². The zero-order valence-corrected chi connectivity index (χ0v) is 17.5. The molecule has 1 saturated heterocycles. The first-order valence-electron chi connectivity index (χ1n) is 10.8. The summed E-state index contributed by atoms with van der Waals surface area (Å²) in [7, 11) is 0. The molecule has 1 aliphatic carbocycles. The van der Waals surface area contributed by atoms with Gasteiger partial charge in [-0.1, -0.05) is 30.8 Å². The van der Waals surface area contributed by atoms with Crippen LogP contribution in [0.25, 0.3) is 10.8 Å². The van der Waals surface area contributed by atoms with Crippen LogP contribution in [0.3, 0.4) is 0 Å². The summed E-state index contributed by atoms with van der Waals surface area (Å²) in [5, 5.41) is 12.5. The van der Waals surface area contributed by atoms with Gasteiger partial charge in [0.05, 0.1) is 0 Å². The van der Waals surface area contributed by atoms with Gasteiger partial charge >= 0.3 is 0 Å². The van der Waals surface area contributed by atoms with E-state index >= 15 is 0 Å². The number of hydrogen-bond donors (Lipinski definition) is 1. The van der Waals surface area contributed by atoms with E-state index in [1.807, 2.05) is 29.2 Å². The summed E-state index contributed by atoms with van der Waals surface area (Å²) in [6.07, 6.45) is 5.79. The van der Waals surface area contributed by atoms with Crippen LogP contribution in [0.4, 0.5) is 5.82 Å². The molecule has 0 saturated carbocycles. The standard InChI is InChI=1S/C25H26N4O2/c1-2-24(31)28-9-11-29(12-10-28)25-21-8-7-18(14-23(21)26-16-27-25)22-15-19(30)13-17-5-3-4-6-20(17)22/h2-6,13,15-16,18,30H,1,7-12,14H2. The summed E-state index contributed by atoms with van der Waals surface area (Å²) < 4.78 is 0. The Kier molecular flexibility index (Phi) is 5.06. The monoisotopic (exact) mass is 414 g/mol. The van der Waals surface area contributed by atoms with Gasteiger partial charge in [0.15, 0.2) is 0 Å². The van der Waals surface area contributed by atoms with Crippen molar-refractivity contribution in [2.75, 3.05) is 31.1 Å². The summed E-state index contributed by atoms with van der Waals surface area (Å²) in [6.45, 7) is 6.49. The normalized spacial score (nSPS) is 18.6. The Morgan fingerprint density at radius 1 is 1.13 bits per heavy atom. The molecular formula is C25H26N4O2. The molecule has 1 aromatic heterocycles. The molecule has 0 spiro atoms. The second-order valence-electron chi connectivity index (χ2n) is 8.33. The third kappa shape index (κ3) is 3.63. The third-order valence-corrected chi connectivity index (χ3v) is 6.58. The van der Waals surface area contributed by atoms with Crippen molar-refractivity contribution in [1.82, 2.24) is 14.9 Å². The van der Waals surface area contributed by atoms with Gasteiger partial charge < -0.3 is 14.9 Å². The molecule has 1 aliphatic heterocycles. The SMILES string of the molecule is C=CC(=O)N1CCN(c2ncnc3c2CCC(c2cc(O)cc4ccccc24)C3)CC1. The molecule has 1 unspecified atom stereocenters. The minimum absolute atomic E-state index is 0.00875. The maximum absolute atomic E-state index is 11.9. The lowest BCUT2D eigenvalue weighted by atomic mass is 9.80. The van der Waals surface area contributed by atoms with Crippen LogP contribution in [-0.4, -0.2) is 52.1 Å². The minimum Gasteiger partial charge on any atom is -0.508 e. The van der Waals surface area contributed by atoms with Gasteiger partial charge in [0.1, 0.15) is 17.9 Å². The molecule has 0 bridgehead atoms. The number of hydrogen-bond acceptors (Lipinski definition) is 5. The second-order valence-corrected chi connectivity index (χ2v) is 8.33. The van der Waals surface area contributed by atoms with Gasteiger partial charge in [0.2, 0.25) is 5.91 Å². The summed E-state index contributed by atoms with van der Waals surface area (Å²) in [6, 6.07) is 12.0. The quantitative estimate of drug-likeness (QED) is 0.665. The predicted molar refractivity (Wildman–Crippen MR) is 121 cm³/mol. The van der Waals surface area contributed by atoms with Crippen LogP contribution in [0.2, 0.25) is 0 Å². The largest absolute Gasteiger partial charge is 0.508 e. The number of rotatable bonds is 3. The average Bonchev–Trinajstić information content (AvgIpc) is 2.82. The smallest absolute Gasteiger partial charge is 0.246 e. The summed E-state index contributed by atoms with van der Waals surface area (Å²) >= 11 is 0. The Morgan fingerprint density at radius 3 is 2.74 bits per heavy atom. The van der Waals surface area contributed by atoms with Crippen LogP contribution in [-0.2, 0) is 17.6 Å². The molecule has 31 heavy (non-hydrogen) atoms. The molecule has 2 heterocycles. The van der Waals surface area contributed by atoms with Crippen LogP contribution in [0.1, 0.15) is 29.2 Å². The molecular weight excluding hydrogens is 388 g/mol. The molecule has 5 rings (SSSR count). The molecule has 6 heteroatoms. The van der Waals surface area contributed by atoms with Gasteiger partial charge in [-0.2, -0.15) is 0 Å². The first-order chi connectivity index (χ1) is 15.1. The van der Waals surface area contributed by atoms with E-state index in [-0.39, 0.29) is 5.91 Å². The Labute approximate surface area is 181 Å². The maximum atomic E-state index is 11.9. The van der Waals surface area contributed by atoms with E-state index in [9.17, 15) is 9.90 Å². The van der Waals surface area contributed by atoms with Crippen molar-refractivity contribution in [1.29, 1.82) is 0 Å². The molecule has 1 amide bonds. The van der Waals surface area contributed by atoms with Gasteiger partial charge in [0.25, 0.3) is 0 Å². The topological polar surface area (TPSA) is 69.6 Å². The van der Waals surface area contributed by atoms with Crippen molar-refractivity contribution in [2.24, 2.45) is 0 Å². The Hall–Kier alpha value is -3.41. The van der Waals surface area contributed by atoms with Gasteiger partial charge in [-0.25, -0.2) is 9.97 Å². The molecule has 2 aliphatic rings. The van der Waals surface area contributed by atoms with Gasteiger partial charge in [0, 0.05) is 37.4 Å². The molecule has 3 aromatic rings. The highest BCUT2D eigenvalue weighted by molar-refractivity contribution is 5.88. The van der Waals surface area contributed by atoms with E-state index in [0.717, 1.165) is 49.2 Å². The molecule has 1 N–H and O–H groups in total. The van der Waals surface area contributed by atoms with Crippen molar-refractivity contribution in [3.63, 3.8) is 0 Å². The van der Waals surface area contributed by atoms with E-state index in [4.69, 9.17) is 0 Å². The number of carbonyl (C=O) groups is 1. The highest BCUT2D eigenvalue weighted by Crippen LogP contribution is 2.39. The van der Waals surface area contributed by atoms with E-state index in [0.29, 0.717) is 24.8 Å². The lowest BCUT2D eigenvalue weighted by Crippen LogP contribution is -2.49. The number of nitrogens with zero attached hydrogens (tertiary/aromatic N) is 4. The fraction of sp³-hybridized carbons (Fsp3) is 0.320. The molecule has 2 aromatic carbocycles. The number of benzene rings is 2. The molecule has 1 atom stereocenters. The van der Waals surface area contributed by atoms with E-state index in [1.54, 1.807) is 6.33 Å². The number of amides is 1. The Balaban J connectivity index is 1.40. The van der Waals surface area contributed by atoms with Crippen molar-refractivity contribution in [2.45, 2.75) is 25.2 Å². The summed E-state index contributed by atoms with van der Waals surface area (Å²) in [4.78, 5) is 25.2. The van der Waals surface area contributed by atoms with Crippen LogP contribution in [0, 0.1) is 0 Å². The number of anilines is 1. The number of carbonyl (C=O) groups excluding carboxylic acids is 1. The Bertz CT molecular complexity index is 1150. The zero-order chi connectivity index (χ0) is 21.4. The Morgan fingerprint density at radius 2 is 1.94 bits per heavy atom. The zero-order valence-electron chi connectivity index (χ0n) is 17.5. The highest BCUT2D eigenvalue weighted by Gasteiger charge is 2.28. The van der Waals surface area contributed by atoms with Crippen molar-refractivity contribution < 1.29 is 9.90 Å². The fourth-order valence-electron chi connectivity index (χ4n) is 4.99. The molecule has 6 nitrogen and oxygen atoms in total. The number of aromatic nitrogens is 2. The number of phenols is 1. The van der Waals surface area contributed by atoms with Crippen molar-refractivity contribution in [3.05, 3.63) is 72.2 Å². The summed E-state index contributed by atoms with van der Waals surface area (Å²) in [5.41, 5.74) is 3.52. The van der Waals surface area contributed by atoms with Gasteiger partial charge in [-0.15, -0.1) is 0 Å². The molecule has 0 radical (unpaired) electrons. The van der Waals surface area contributed by atoms with Crippen LogP contribution in [0.5, 0.6) is 5.75 Å². The van der Waals surface area contributed by atoms with Crippen LogP contribution < -0.4 is 4.90 Å². The second kappa shape index (κ2) is 8.02. The summed E-state index contributed by atoms with van der Waals surface area (Å²) in [5.74, 6) is 1.63. The van der Waals surface area contributed by atoms with Gasteiger partial charge in [-0.05, 0) is 59.7 Å². The molecule has 1 fully saturated rings. The van der Waals surface area contributed by atoms with Gasteiger partial charge in [-0.3, -0.25) is 4.79 Å². The fourth-order valence-corrected chi connectivity index (χ4v) is 4.99. The maximum Gasteiger partial charge on any atom is 0.246 e. The minimum atomic E-state index is -0.00875. The number of aromatic hydroxyl groups is 1. The van der Waals surface area contributed by atoms with Crippen molar-refractivity contribution >= 4 is 22.5 Å². The van der Waals surface area contributed by atoms with E-state index in [2.05, 4.69) is 33.6 Å². The third-order valence-electron chi connectivity index (χ3n) is 6.58. The lowest BCUT2D eigenvalue weighted by Gasteiger charge is -2.37. The first kappa shape index (κ1) is 19.5. The van der Waals surface area contributed by atoms with E-state index < -0.39 is 0 Å². The number of fused-ring (bicyclic) bond motifs is 2. The highest BCUT2D eigenvalue weighted by atomic mass is 16.3. The molecule has 158 valence electrons. The predicted octanol–water partition coefficient (Wildman–Crippen LogP) is 3.44. The van der Waals surface area contributed by atoms with Crippen LogP contribution >= 0.6 is 0 Å². The first-order valence-corrected chi connectivity index (χ1v) is 10.8. The van der Waals surface area contributed by atoms with Crippen molar-refractivity contribution in [3.8, 4) is 5.75 Å².